The van der Waals surface area contributed by atoms with Crippen LogP contribution in [0.15, 0.2) is 12.1 Å². The molecule has 1 aromatic carbocycles. The molecule has 0 aliphatic rings. The van der Waals surface area contributed by atoms with Crippen molar-refractivity contribution >= 4 is 5.69 Å². The van der Waals surface area contributed by atoms with Crippen LogP contribution in [0, 0.1) is 12.7 Å². The van der Waals surface area contributed by atoms with E-state index in [9.17, 15) is 9.50 Å². The van der Waals surface area contributed by atoms with Crippen molar-refractivity contribution in [1.29, 1.82) is 0 Å². The van der Waals surface area contributed by atoms with Crippen molar-refractivity contribution in [3.8, 4) is 0 Å². The lowest BCUT2D eigenvalue weighted by atomic mass is 10.0. The zero-order valence-corrected chi connectivity index (χ0v) is 13.5. The molecule has 0 amide bonds. The third kappa shape index (κ3) is 4.66. The summed E-state index contributed by atoms with van der Waals surface area (Å²) in [5, 5.41) is 9.95. The van der Waals surface area contributed by atoms with Crippen molar-refractivity contribution in [2.75, 3.05) is 38.9 Å². The number of aliphatic hydroxyl groups is 1. The van der Waals surface area contributed by atoms with Crippen LogP contribution in [0.5, 0.6) is 0 Å². The summed E-state index contributed by atoms with van der Waals surface area (Å²) in [6, 6.07) is 3.28. The first-order valence-corrected chi connectivity index (χ1v) is 7.15. The summed E-state index contributed by atoms with van der Waals surface area (Å²) >= 11 is 0. The average molecular weight is 299 g/mol. The molecule has 0 radical (unpaired) electrons. The fourth-order valence-corrected chi connectivity index (χ4v) is 2.36. The molecule has 5 heteroatoms. The Hall–Kier alpha value is -1.17. The van der Waals surface area contributed by atoms with Gasteiger partial charge >= 0.3 is 0 Å². The van der Waals surface area contributed by atoms with E-state index in [1.54, 1.807) is 34.1 Å². The van der Waals surface area contributed by atoms with Crippen LogP contribution in [0.2, 0.25) is 0 Å². The van der Waals surface area contributed by atoms with Gasteiger partial charge in [-0.15, -0.1) is 0 Å². The molecule has 0 saturated heterocycles. The summed E-state index contributed by atoms with van der Waals surface area (Å²) < 4.78 is 24.2. The minimum atomic E-state index is -0.741. The number of hydrogen-bond acceptors (Lipinski definition) is 4. The van der Waals surface area contributed by atoms with E-state index in [4.69, 9.17) is 9.47 Å². The van der Waals surface area contributed by atoms with E-state index < -0.39 is 6.10 Å². The smallest absolute Gasteiger partial charge is 0.126 e. The summed E-state index contributed by atoms with van der Waals surface area (Å²) in [5.74, 6) is -0.305. The Morgan fingerprint density at radius 2 is 1.90 bits per heavy atom. The lowest BCUT2D eigenvalue weighted by Gasteiger charge is -2.33. The number of nitrogens with zero attached hydrogens (tertiary/aromatic N) is 1. The lowest BCUT2D eigenvalue weighted by molar-refractivity contribution is 0.169. The maximum absolute atomic E-state index is 13.8. The molecule has 1 rings (SSSR count). The molecular formula is C16H26FNO3. The summed E-state index contributed by atoms with van der Waals surface area (Å²) in [6.45, 7) is 7.13. The van der Waals surface area contributed by atoms with Gasteiger partial charge in [0, 0.05) is 38.1 Å². The number of benzene rings is 1. The Morgan fingerprint density at radius 3 is 2.43 bits per heavy atom. The van der Waals surface area contributed by atoms with Crippen molar-refractivity contribution < 1.29 is 19.0 Å². The number of methoxy groups -OCH3 is 2. The van der Waals surface area contributed by atoms with Gasteiger partial charge in [-0.2, -0.15) is 0 Å². The Bertz CT molecular complexity index is 451. The van der Waals surface area contributed by atoms with Crippen LogP contribution in [-0.4, -0.2) is 45.1 Å². The third-order valence-electron chi connectivity index (χ3n) is 3.54. The maximum Gasteiger partial charge on any atom is 0.126 e. The highest BCUT2D eigenvalue weighted by atomic mass is 19.1. The molecule has 1 N–H and O–H groups in total. The second kappa shape index (κ2) is 8.32. The highest BCUT2D eigenvalue weighted by Crippen LogP contribution is 2.30. The first-order chi connectivity index (χ1) is 9.92. The van der Waals surface area contributed by atoms with Crippen molar-refractivity contribution in [3.05, 3.63) is 29.1 Å². The predicted molar refractivity (Wildman–Crippen MR) is 82.3 cm³/mol. The van der Waals surface area contributed by atoms with Gasteiger partial charge in [0.25, 0.3) is 0 Å². The van der Waals surface area contributed by atoms with E-state index in [0.717, 1.165) is 5.69 Å². The number of rotatable bonds is 8. The molecule has 0 spiro atoms. The summed E-state index contributed by atoms with van der Waals surface area (Å²) in [5.41, 5.74) is 1.96. The number of anilines is 1. The molecule has 120 valence electrons. The van der Waals surface area contributed by atoms with Crippen molar-refractivity contribution in [2.24, 2.45) is 0 Å². The molecule has 0 aliphatic heterocycles. The number of halogens is 1. The van der Waals surface area contributed by atoms with Crippen molar-refractivity contribution in [1.82, 2.24) is 0 Å². The van der Waals surface area contributed by atoms with E-state index >= 15 is 0 Å². The van der Waals surface area contributed by atoms with Crippen LogP contribution in [0.25, 0.3) is 0 Å². The molecule has 0 heterocycles. The highest BCUT2D eigenvalue weighted by Gasteiger charge is 2.21. The van der Waals surface area contributed by atoms with Gasteiger partial charge in [-0.05, 0) is 38.5 Å². The van der Waals surface area contributed by atoms with Crippen LogP contribution in [-0.2, 0) is 9.47 Å². The third-order valence-corrected chi connectivity index (χ3v) is 3.54. The van der Waals surface area contributed by atoms with E-state index in [1.165, 1.54) is 6.07 Å². The number of ether oxygens (including phenoxy) is 2. The minimum absolute atomic E-state index is 0.0903. The van der Waals surface area contributed by atoms with E-state index in [-0.39, 0.29) is 11.9 Å². The zero-order valence-electron chi connectivity index (χ0n) is 13.5. The largest absolute Gasteiger partial charge is 0.389 e. The van der Waals surface area contributed by atoms with Gasteiger partial charge in [-0.25, -0.2) is 4.39 Å². The van der Waals surface area contributed by atoms with Gasteiger partial charge in [-0.3, -0.25) is 0 Å². The van der Waals surface area contributed by atoms with Crippen molar-refractivity contribution in [3.63, 3.8) is 0 Å². The molecule has 1 aromatic rings. The molecule has 0 saturated carbocycles. The van der Waals surface area contributed by atoms with Crippen LogP contribution in [0.3, 0.4) is 0 Å². The molecule has 4 nitrogen and oxygen atoms in total. The van der Waals surface area contributed by atoms with Crippen LogP contribution in [0.4, 0.5) is 10.1 Å². The summed E-state index contributed by atoms with van der Waals surface area (Å²) in [4.78, 5) is 2.08. The standard InChI is InChI=1S/C16H26FNO3/c1-11-8-16(14(13(3)19)9-15(11)17)18(6-7-20-4)12(2)10-21-5/h8-9,12-13,19H,6-7,10H2,1-5H3/t12?,13-/m0/s1. The molecule has 21 heavy (non-hydrogen) atoms. The molecular weight excluding hydrogens is 273 g/mol. The summed E-state index contributed by atoms with van der Waals surface area (Å²) in [7, 11) is 3.29. The Morgan fingerprint density at radius 1 is 1.24 bits per heavy atom. The van der Waals surface area contributed by atoms with Gasteiger partial charge in [0.05, 0.1) is 19.3 Å². The second-order valence-corrected chi connectivity index (χ2v) is 5.33. The topological polar surface area (TPSA) is 41.9 Å². The van der Waals surface area contributed by atoms with Gasteiger partial charge in [0.1, 0.15) is 5.82 Å². The number of aliphatic hydroxyl groups excluding tert-OH is 1. The average Bonchev–Trinajstić information content (AvgIpc) is 2.42. The van der Waals surface area contributed by atoms with E-state index in [0.29, 0.717) is 30.9 Å². The SMILES string of the molecule is COCCN(c1cc(C)c(F)cc1[C@H](C)O)C(C)COC. The molecule has 0 fully saturated rings. The maximum atomic E-state index is 13.8. The van der Waals surface area contributed by atoms with Crippen LogP contribution < -0.4 is 4.90 Å². The normalized spacial score (nSPS) is 14.0. The molecule has 2 atom stereocenters. The number of aryl methyl sites for hydroxylation is 1. The first kappa shape index (κ1) is 17.9. The predicted octanol–water partition coefficient (Wildman–Crippen LogP) is 2.68. The molecule has 0 aliphatic carbocycles. The molecule has 1 unspecified atom stereocenters. The quantitative estimate of drug-likeness (QED) is 0.801. The lowest BCUT2D eigenvalue weighted by Crippen LogP contribution is -2.39. The Balaban J connectivity index is 3.24. The second-order valence-electron chi connectivity index (χ2n) is 5.33. The van der Waals surface area contributed by atoms with Gasteiger partial charge in [0.2, 0.25) is 0 Å². The fourth-order valence-electron chi connectivity index (χ4n) is 2.36. The van der Waals surface area contributed by atoms with Gasteiger partial charge in [0.15, 0.2) is 0 Å². The fraction of sp³-hybridized carbons (Fsp3) is 0.625. The van der Waals surface area contributed by atoms with Gasteiger partial charge < -0.3 is 19.5 Å². The zero-order chi connectivity index (χ0) is 16.0. The first-order valence-electron chi connectivity index (χ1n) is 7.15. The van der Waals surface area contributed by atoms with Crippen LogP contribution >= 0.6 is 0 Å². The van der Waals surface area contributed by atoms with Gasteiger partial charge in [-0.1, -0.05) is 0 Å². The Labute approximate surface area is 126 Å². The minimum Gasteiger partial charge on any atom is -0.389 e. The highest BCUT2D eigenvalue weighted by molar-refractivity contribution is 5.57. The van der Waals surface area contributed by atoms with E-state index in [1.807, 2.05) is 6.92 Å². The molecule has 0 bridgehead atoms. The van der Waals surface area contributed by atoms with Crippen LogP contribution in [0.1, 0.15) is 31.1 Å². The number of hydrogen-bond donors (Lipinski definition) is 1. The summed E-state index contributed by atoms with van der Waals surface area (Å²) in [6.07, 6.45) is -0.741. The monoisotopic (exact) mass is 299 g/mol. The Kier molecular flexibility index (Phi) is 7.08. The molecule has 0 aromatic heterocycles. The van der Waals surface area contributed by atoms with E-state index in [2.05, 4.69) is 4.90 Å². The van der Waals surface area contributed by atoms with Crippen molar-refractivity contribution in [2.45, 2.75) is 32.9 Å².